The number of aryl methyl sites for hydroxylation is 1. The molecule has 1 aromatic rings. The third-order valence-corrected chi connectivity index (χ3v) is 2.33. The van der Waals surface area contributed by atoms with E-state index in [-0.39, 0.29) is 6.09 Å². The van der Waals surface area contributed by atoms with E-state index in [1.54, 1.807) is 6.20 Å². The van der Waals surface area contributed by atoms with E-state index >= 15 is 0 Å². The van der Waals surface area contributed by atoms with E-state index in [0.717, 1.165) is 9.26 Å². The van der Waals surface area contributed by atoms with Crippen LogP contribution in [0.5, 0.6) is 0 Å². The summed E-state index contributed by atoms with van der Waals surface area (Å²) in [6, 6.07) is 1.94. The molecule has 14 heavy (non-hydrogen) atoms. The van der Waals surface area contributed by atoms with Crippen molar-refractivity contribution in [1.29, 1.82) is 0 Å². The molecule has 0 aliphatic heterocycles. The summed E-state index contributed by atoms with van der Waals surface area (Å²) in [6.07, 6.45) is 1.45. The summed E-state index contributed by atoms with van der Waals surface area (Å²) in [5, 5.41) is 0. The van der Waals surface area contributed by atoms with E-state index < -0.39 is 5.60 Å². The number of carbonyl (C=O) groups excluding carboxylic acids is 1. The van der Waals surface area contributed by atoms with E-state index in [1.165, 1.54) is 4.57 Å². The van der Waals surface area contributed by atoms with Gasteiger partial charge in [0.2, 0.25) is 0 Å². The lowest BCUT2D eigenvalue weighted by Crippen LogP contribution is -2.27. The number of carbonyl (C=O) groups is 1. The number of rotatable bonds is 0. The molecule has 1 rings (SSSR count). The summed E-state index contributed by atoms with van der Waals surface area (Å²) in [5.41, 5.74) is 0.610. The molecule has 0 N–H and O–H groups in total. The molecule has 1 aromatic heterocycles. The molecule has 0 unspecified atom stereocenters. The van der Waals surface area contributed by atoms with Gasteiger partial charge in [0.15, 0.2) is 0 Å². The number of hydrogen-bond donors (Lipinski definition) is 0. The average molecular weight is 307 g/mol. The Morgan fingerprint density at radius 1 is 1.50 bits per heavy atom. The summed E-state index contributed by atoms with van der Waals surface area (Å²) in [6.45, 7) is 7.51. The van der Waals surface area contributed by atoms with Crippen LogP contribution < -0.4 is 0 Å². The fraction of sp³-hybridized carbons (Fsp3) is 0.500. The minimum atomic E-state index is -0.446. The minimum absolute atomic E-state index is 0.324. The second kappa shape index (κ2) is 3.92. The van der Waals surface area contributed by atoms with Gasteiger partial charge < -0.3 is 4.74 Å². The van der Waals surface area contributed by atoms with Gasteiger partial charge in [0.1, 0.15) is 5.60 Å². The zero-order valence-electron chi connectivity index (χ0n) is 8.80. The highest BCUT2D eigenvalue weighted by atomic mass is 127. The summed E-state index contributed by atoms with van der Waals surface area (Å²) >= 11 is 2.11. The monoisotopic (exact) mass is 307 g/mol. The first-order valence-corrected chi connectivity index (χ1v) is 5.45. The van der Waals surface area contributed by atoms with Crippen molar-refractivity contribution in [3.63, 3.8) is 0 Å². The first-order chi connectivity index (χ1) is 6.29. The maximum Gasteiger partial charge on any atom is 0.419 e. The molecule has 78 valence electrons. The van der Waals surface area contributed by atoms with E-state index in [0.29, 0.717) is 0 Å². The molecule has 0 aromatic carbocycles. The van der Waals surface area contributed by atoms with Crippen LogP contribution in [0.25, 0.3) is 0 Å². The molecule has 0 radical (unpaired) electrons. The molecule has 0 spiro atoms. The van der Waals surface area contributed by atoms with Crippen LogP contribution in [0.2, 0.25) is 0 Å². The fourth-order valence-electron chi connectivity index (χ4n) is 1.01. The smallest absolute Gasteiger partial charge is 0.419 e. The highest BCUT2D eigenvalue weighted by Gasteiger charge is 2.18. The van der Waals surface area contributed by atoms with Crippen LogP contribution >= 0.6 is 22.6 Å². The van der Waals surface area contributed by atoms with Crippen LogP contribution in [0, 0.1) is 10.6 Å². The third kappa shape index (κ3) is 3.01. The highest BCUT2D eigenvalue weighted by Crippen LogP contribution is 2.14. The van der Waals surface area contributed by atoms with Gasteiger partial charge in [0.25, 0.3) is 0 Å². The number of hydrogen-bond acceptors (Lipinski definition) is 2. The lowest BCUT2D eigenvalue weighted by Gasteiger charge is -2.19. The van der Waals surface area contributed by atoms with Crippen LogP contribution in [-0.2, 0) is 4.74 Å². The van der Waals surface area contributed by atoms with E-state index in [1.807, 2.05) is 33.8 Å². The number of nitrogens with zero attached hydrogens (tertiary/aromatic N) is 1. The Labute approximate surface area is 97.6 Å². The molecule has 1 heterocycles. The zero-order valence-corrected chi connectivity index (χ0v) is 11.0. The Morgan fingerprint density at radius 3 is 2.43 bits per heavy atom. The third-order valence-electron chi connectivity index (χ3n) is 1.50. The first kappa shape index (κ1) is 11.6. The molecule has 0 aliphatic rings. The zero-order chi connectivity index (χ0) is 10.9. The molecule has 0 bridgehead atoms. The largest absolute Gasteiger partial charge is 0.443 e. The molecule has 0 fully saturated rings. The molecular weight excluding hydrogens is 293 g/mol. The Bertz CT molecular complexity index is 349. The van der Waals surface area contributed by atoms with Crippen LogP contribution in [0.3, 0.4) is 0 Å². The first-order valence-electron chi connectivity index (χ1n) is 4.37. The summed E-state index contributed by atoms with van der Waals surface area (Å²) < 4.78 is 7.62. The Kier molecular flexibility index (Phi) is 3.24. The molecule has 0 saturated heterocycles. The fourth-order valence-corrected chi connectivity index (χ4v) is 1.84. The second-order valence-corrected chi connectivity index (χ2v) is 5.30. The normalized spacial score (nSPS) is 11.5. The number of aromatic nitrogens is 1. The van der Waals surface area contributed by atoms with Crippen molar-refractivity contribution < 1.29 is 9.53 Å². The van der Waals surface area contributed by atoms with Crippen molar-refractivity contribution in [1.82, 2.24) is 4.57 Å². The van der Waals surface area contributed by atoms with Crippen molar-refractivity contribution in [3.05, 3.63) is 21.5 Å². The van der Waals surface area contributed by atoms with Gasteiger partial charge in [-0.1, -0.05) is 0 Å². The van der Waals surface area contributed by atoms with Gasteiger partial charge in [-0.2, -0.15) is 0 Å². The van der Waals surface area contributed by atoms with Crippen LogP contribution in [0.4, 0.5) is 4.79 Å². The quantitative estimate of drug-likeness (QED) is 0.689. The van der Waals surface area contributed by atoms with Gasteiger partial charge in [0.05, 0.1) is 3.70 Å². The van der Waals surface area contributed by atoms with Crippen molar-refractivity contribution in [2.75, 3.05) is 0 Å². The lowest BCUT2D eigenvalue weighted by molar-refractivity contribution is 0.0533. The van der Waals surface area contributed by atoms with Crippen LogP contribution in [0.15, 0.2) is 12.3 Å². The van der Waals surface area contributed by atoms with Gasteiger partial charge in [-0.25, -0.2) is 9.36 Å². The van der Waals surface area contributed by atoms with Gasteiger partial charge in [-0.3, -0.25) is 0 Å². The molecule has 0 saturated carbocycles. The molecule has 4 heteroatoms. The van der Waals surface area contributed by atoms with E-state index in [9.17, 15) is 4.79 Å². The average Bonchev–Trinajstić information content (AvgIpc) is 2.26. The summed E-state index contributed by atoms with van der Waals surface area (Å²) in [4.78, 5) is 11.6. The molecule has 0 atom stereocenters. The Hall–Kier alpha value is -0.520. The lowest BCUT2D eigenvalue weighted by atomic mass is 10.2. The Balaban J connectivity index is 2.85. The highest BCUT2D eigenvalue weighted by molar-refractivity contribution is 14.1. The van der Waals surface area contributed by atoms with Gasteiger partial charge >= 0.3 is 6.09 Å². The number of ether oxygens (including phenoxy) is 1. The molecule has 0 amide bonds. The van der Waals surface area contributed by atoms with E-state index in [2.05, 4.69) is 22.6 Å². The predicted octanol–water partition coefficient (Wildman–Crippen LogP) is 3.18. The maximum absolute atomic E-state index is 11.6. The summed E-state index contributed by atoms with van der Waals surface area (Å²) in [7, 11) is 0. The molecule has 0 aliphatic carbocycles. The van der Waals surface area contributed by atoms with Crippen LogP contribution in [-0.4, -0.2) is 16.3 Å². The second-order valence-electron chi connectivity index (χ2n) is 4.19. The SMILES string of the molecule is Cc1cc(I)n(C(=O)OC(C)(C)C)c1. The van der Waals surface area contributed by atoms with Crippen LogP contribution in [0.1, 0.15) is 26.3 Å². The van der Waals surface area contributed by atoms with Crippen molar-refractivity contribution in [3.8, 4) is 0 Å². The maximum atomic E-state index is 11.6. The van der Waals surface area contributed by atoms with E-state index in [4.69, 9.17) is 4.74 Å². The minimum Gasteiger partial charge on any atom is -0.443 e. The number of halogens is 1. The van der Waals surface area contributed by atoms with Gasteiger partial charge in [0, 0.05) is 6.20 Å². The topological polar surface area (TPSA) is 31.2 Å². The Morgan fingerprint density at radius 2 is 2.07 bits per heavy atom. The van der Waals surface area contributed by atoms with Gasteiger partial charge in [-0.15, -0.1) is 0 Å². The van der Waals surface area contributed by atoms with Crippen molar-refractivity contribution in [2.45, 2.75) is 33.3 Å². The van der Waals surface area contributed by atoms with Gasteiger partial charge in [-0.05, 0) is 61.9 Å². The summed E-state index contributed by atoms with van der Waals surface area (Å²) in [5.74, 6) is 0. The standard InChI is InChI=1S/C10H14INO2/c1-7-5-8(11)12(6-7)9(13)14-10(2,3)4/h5-6H,1-4H3. The van der Waals surface area contributed by atoms with Crippen molar-refractivity contribution in [2.24, 2.45) is 0 Å². The van der Waals surface area contributed by atoms with Crippen molar-refractivity contribution >= 4 is 28.7 Å². The predicted molar refractivity (Wildman–Crippen MR) is 63.5 cm³/mol. The molecular formula is C10H14INO2. The molecule has 3 nitrogen and oxygen atoms in total.